The molecule has 3 rings (SSSR count). The van der Waals surface area contributed by atoms with Gasteiger partial charge in [0, 0.05) is 18.7 Å². The summed E-state index contributed by atoms with van der Waals surface area (Å²) in [6.07, 6.45) is 2.13. The summed E-state index contributed by atoms with van der Waals surface area (Å²) in [5.74, 6) is 1.05. The van der Waals surface area contributed by atoms with Crippen molar-refractivity contribution in [1.29, 1.82) is 0 Å². The van der Waals surface area contributed by atoms with Crippen molar-refractivity contribution < 1.29 is 9.53 Å². The van der Waals surface area contributed by atoms with Gasteiger partial charge < -0.3 is 15.4 Å². The molecule has 1 fully saturated rings. The molecule has 4 nitrogen and oxygen atoms in total. The normalized spacial score (nSPS) is 23.1. The Hall–Kier alpha value is -2.33. The van der Waals surface area contributed by atoms with Gasteiger partial charge in [-0.1, -0.05) is 38.1 Å². The average Bonchev–Trinajstić information content (AvgIpc) is 2.69. The number of ether oxygens (including phenoxy) is 1. The van der Waals surface area contributed by atoms with Crippen molar-refractivity contribution in [3.63, 3.8) is 0 Å². The predicted octanol–water partition coefficient (Wildman–Crippen LogP) is 3.64. The Morgan fingerprint density at radius 3 is 2.63 bits per heavy atom. The van der Waals surface area contributed by atoms with E-state index < -0.39 is 0 Å². The zero-order chi connectivity index (χ0) is 19.4. The summed E-state index contributed by atoms with van der Waals surface area (Å²) < 4.78 is 5.23. The van der Waals surface area contributed by atoms with Crippen molar-refractivity contribution in [3.8, 4) is 5.75 Å². The van der Waals surface area contributed by atoms with E-state index in [2.05, 4.69) is 36.9 Å². The zero-order valence-corrected chi connectivity index (χ0v) is 16.6. The number of amides is 1. The molecule has 144 valence electrons. The second kappa shape index (κ2) is 8.13. The van der Waals surface area contributed by atoms with E-state index in [-0.39, 0.29) is 11.3 Å². The van der Waals surface area contributed by atoms with Crippen LogP contribution in [0.1, 0.15) is 41.8 Å². The summed E-state index contributed by atoms with van der Waals surface area (Å²) in [6, 6.07) is 16.2. The third-order valence-corrected chi connectivity index (χ3v) is 6.25. The highest BCUT2D eigenvalue weighted by atomic mass is 16.5. The number of benzene rings is 2. The van der Waals surface area contributed by atoms with Gasteiger partial charge in [0.1, 0.15) is 5.75 Å². The van der Waals surface area contributed by atoms with Crippen molar-refractivity contribution >= 4 is 5.91 Å². The van der Waals surface area contributed by atoms with Gasteiger partial charge in [-0.2, -0.15) is 0 Å². The standard InChI is InChI=1S/C23H30N2O2/c1-17-16-25(13-11-18-7-9-21(27-3)10-8-18)14-12-23(17,2)20-6-4-5-19(15-20)22(24)26/h4-10,15,17H,11-14,16H2,1-3H3,(H2,24,26)/t17-,23-/m0/s1. The maximum Gasteiger partial charge on any atom is 0.248 e. The summed E-state index contributed by atoms with van der Waals surface area (Å²) in [5.41, 5.74) is 8.70. The Bertz CT molecular complexity index is 787. The molecule has 1 heterocycles. The van der Waals surface area contributed by atoms with Crippen molar-refractivity contribution in [3.05, 3.63) is 65.2 Å². The molecule has 1 aliphatic rings. The van der Waals surface area contributed by atoms with Crippen molar-refractivity contribution in [1.82, 2.24) is 4.90 Å². The number of rotatable bonds is 6. The van der Waals surface area contributed by atoms with Gasteiger partial charge in [-0.15, -0.1) is 0 Å². The van der Waals surface area contributed by atoms with E-state index in [0.29, 0.717) is 11.5 Å². The number of nitrogens with two attached hydrogens (primary N) is 1. The first-order valence-corrected chi connectivity index (χ1v) is 9.68. The first kappa shape index (κ1) is 19.4. The molecule has 2 N–H and O–H groups in total. The molecule has 2 aromatic rings. The lowest BCUT2D eigenvalue weighted by Gasteiger charge is -2.45. The van der Waals surface area contributed by atoms with Gasteiger partial charge in [-0.25, -0.2) is 0 Å². The van der Waals surface area contributed by atoms with Crippen LogP contribution in [0.4, 0.5) is 0 Å². The molecule has 2 atom stereocenters. The van der Waals surface area contributed by atoms with Crippen molar-refractivity contribution in [2.24, 2.45) is 11.7 Å². The summed E-state index contributed by atoms with van der Waals surface area (Å²) in [7, 11) is 1.69. The Kier molecular flexibility index (Phi) is 5.85. The Labute approximate surface area is 162 Å². The molecule has 4 heteroatoms. The molecule has 0 unspecified atom stereocenters. The monoisotopic (exact) mass is 366 g/mol. The second-order valence-electron chi connectivity index (χ2n) is 7.91. The summed E-state index contributed by atoms with van der Waals surface area (Å²) in [6.45, 7) is 7.83. The van der Waals surface area contributed by atoms with E-state index >= 15 is 0 Å². The lowest BCUT2D eigenvalue weighted by molar-refractivity contribution is 0.0998. The summed E-state index contributed by atoms with van der Waals surface area (Å²) in [4.78, 5) is 14.1. The van der Waals surface area contributed by atoms with Crippen LogP contribution in [0.15, 0.2) is 48.5 Å². The number of nitrogens with zero attached hydrogens (tertiary/aromatic N) is 1. The SMILES string of the molecule is COc1ccc(CCN2CC[C@](C)(c3cccc(C(N)=O)c3)[C@@H](C)C2)cc1. The third-order valence-electron chi connectivity index (χ3n) is 6.25. The van der Waals surface area contributed by atoms with Gasteiger partial charge in [0.25, 0.3) is 0 Å². The zero-order valence-electron chi connectivity index (χ0n) is 16.6. The van der Waals surface area contributed by atoms with Crippen LogP contribution in [0.5, 0.6) is 5.75 Å². The van der Waals surface area contributed by atoms with Gasteiger partial charge in [-0.3, -0.25) is 4.79 Å². The molecule has 1 aliphatic heterocycles. The molecule has 1 amide bonds. The van der Waals surface area contributed by atoms with E-state index in [9.17, 15) is 4.79 Å². The fourth-order valence-electron chi connectivity index (χ4n) is 4.06. The highest BCUT2D eigenvalue weighted by Crippen LogP contribution is 2.39. The van der Waals surface area contributed by atoms with Crippen LogP contribution in [0, 0.1) is 5.92 Å². The molecule has 0 spiro atoms. The lowest BCUT2D eigenvalue weighted by Crippen LogP contribution is -2.47. The van der Waals surface area contributed by atoms with Crippen LogP contribution in [-0.2, 0) is 11.8 Å². The lowest BCUT2D eigenvalue weighted by atomic mass is 9.68. The molecule has 0 aromatic heterocycles. The second-order valence-corrected chi connectivity index (χ2v) is 7.91. The molecule has 2 aromatic carbocycles. The third kappa shape index (κ3) is 4.33. The van der Waals surface area contributed by atoms with E-state index in [1.165, 1.54) is 11.1 Å². The largest absolute Gasteiger partial charge is 0.497 e. The van der Waals surface area contributed by atoms with Crippen LogP contribution < -0.4 is 10.5 Å². The van der Waals surface area contributed by atoms with Crippen LogP contribution in [0.3, 0.4) is 0 Å². The van der Waals surface area contributed by atoms with E-state index in [0.717, 1.165) is 38.2 Å². The Morgan fingerprint density at radius 1 is 1.26 bits per heavy atom. The smallest absolute Gasteiger partial charge is 0.248 e. The molecule has 0 aliphatic carbocycles. The first-order valence-electron chi connectivity index (χ1n) is 9.68. The number of likely N-dealkylation sites (tertiary alicyclic amines) is 1. The number of piperidine rings is 1. The molecular formula is C23H30N2O2. The topological polar surface area (TPSA) is 55.6 Å². The number of carbonyl (C=O) groups is 1. The molecular weight excluding hydrogens is 336 g/mol. The maximum atomic E-state index is 11.5. The van der Waals surface area contributed by atoms with E-state index in [1.54, 1.807) is 13.2 Å². The molecule has 27 heavy (non-hydrogen) atoms. The van der Waals surface area contributed by atoms with Gasteiger partial charge >= 0.3 is 0 Å². The minimum Gasteiger partial charge on any atom is -0.497 e. The van der Waals surface area contributed by atoms with Crippen LogP contribution in [0.2, 0.25) is 0 Å². The minimum absolute atomic E-state index is 0.0715. The Balaban J connectivity index is 1.62. The average molecular weight is 367 g/mol. The highest BCUT2D eigenvalue weighted by Gasteiger charge is 2.37. The van der Waals surface area contributed by atoms with Gasteiger partial charge in [-0.05, 0) is 66.1 Å². The molecule has 0 saturated carbocycles. The number of primary amides is 1. The maximum absolute atomic E-state index is 11.5. The fraction of sp³-hybridized carbons (Fsp3) is 0.435. The van der Waals surface area contributed by atoms with Crippen LogP contribution in [-0.4, -0.2) is 37.6 Å². The minimum atomic E-state index is -0.356. The first-order chi connectivity index (χ1) is 12.9. The van der Waals surface area contributed by atoms with Crippen molar-refractivity contribution in [2.75, 3.05) is 26.7 Å². The number of hydrogen-bond acceptors (Lipinski definition) is 3. The number of methoxy groups -OCH3 is 1. The van der Waals surface area contributed by atoms with Crippen molar-refractivity contribution in [2.45, 2.75) is 32.1 Å². The number of carbonyl (C=O) groups excluding carboxylic acids is 1. The van der Waals surface area contributed by atoms with Gasteiger partial charge in [0.05, 0.1) is 7.11 Å². The fourth-order valence-corrected chi connectivity index (χ4v) is 4.06. The number of hydrogen-bond donors (Lipinski definition) is 1. The van der Waals surface area contributed by atoms with Gasteiger partial charge in [0.2, 0.25) is 5.91 Å². The van der Waals surface area contributed by atoms with Crippen LogP contribution >= 0.6 is 0 Å². The van der Waals surface area contributed by atoms with E-state index in [4.69, 9.17) is 10.5 Å². The van der Waals surface area contributed by atoms with E-state index in [1.807, 2.05) is 24.3 Å². The molecule has 0 bridgehead atoms. The molecule has 0 radical (unpaired) electrons. The molecule has 1 saturated heterocycles. The quantitative estimate of drug-likeness (QED) is 0.849. The highest BCUT2D eigenvalue weighted by molar-refractivity contribution is 5.92. The Morgan fingerprint density at radius 2 is 2.00 bits per heavy atom. The van der Waals surface area contributed by atoms with Crippen LogP contribution in [0.25, 0.3) is 0 Å². The summed E-state index contributed by atoms with van der Waals surface area (Å²) >= 11 is 0. The summed E-state index contributed by atoms with van der Waals surface area (Å²) in [5, 5.41) is 0. The predicted molar refractivity (Wildman–Crippen MR) is 109 cm³/mol. The van der Waals surface area contributed by atoms with Gasteiger partial charge in [0.15, 0.2) is 0 Å².